The predicted octanol–water partition coefficient (Wildman–Crippen LogP) is 4.54. The average molecular weight is 309 g/mol. The van der Waals surface area contributed by atoms with Gasteiger partial charge in [-0.05, 0) is 62.1 Å². The zero-order valence-electron chi connectivity index (χ0n) is 11.3. The van der Waals surface area contributed by atoms with Gasteiger partial charge in [0.2, 0.25) is 11.2 Å². The normalized spacial score (nSPS) is 19.4. The third-order valence-electron chi connectivity index (χ3n) is 4.33. The zero-order chi connectivity index (χ0) is 13.5. The number of fused-ring (bicyclic) bond motifs is 3. The minimum atomic E-state index is 0.301. The fourth-order valence-corrected chi connectivity index (χ4v) is 4.83. The standard InChI is InChI=1S/C15H17ClN2OS/c16-15-17-13(19-9-5-2-1-3-6-9)12-10-7-4-8-11(10)20-14(12)18-15/h9H,1-8H2. The topological polar surface area (TPSA) is 35.0 Å². The predicted molar refractivity (Wildman–Crippen MR) is 82.0 cm³/mol. The third kappa shape index (κ3) is 2.19. The highest BCUT2D eigenvalue weighted by atomic mass is 35.5. The summed E-state index contributed by atoms with van der Waals surface area (Å²) in [5.74, 6) is 0.728. The number of aryl methyl sites for hydroxylation is 2. The molecule has 0 spiro atoms. The van der Waals surface area contributed by atoms with Gasteiger partial charge in [-0.2, -0.15) is 4.98 Å². The van der Waals surface area contributed by atoms with Crippen LogP contribution in [0.3, 0.4) is 0 Å². The highest BCUT2D eigenvalue weighted by molar-refractivity contribution is 7.19. The van der Waals surface area contributed by atoms with Crippen LogP contribution in [0.25, 0.3) is 10.2 Å². The summed E-state index contributed by atoms with van der Waals surface area (Å²) >= 11 is 7.83. The Morgan fingerprint density at radius 1 is 1.05 bits per heavy atom. The Balaban J connectivity index is 1.76. The molecule has 3 nitrogen and oxygen atoms in total. The fraction of sp³-hybridized carbons (Fsp3) is 0.600. The molecule has 0 unspecified atom stereocenters. The summed E-state index contributed by atoms with van der Waals surface area (Å²) in [6.07, 6.45) is 9.94. The third-order valence-corrected chi connectivity index (χ3v) is 5.69. The SMILES string of the molecule is Clc1nc(OC2CCCCC2)c2c3c(sc2n1)CCC3. The Morgan fingerprint density at radius 3 is 2.75 bits per heavy atom. The summed E-state index contributed by atoms with van der Waals surface area (Å²) in [5, 5.41) is 1.45. The van der Waals surface area contributed by atoms with Crippen molar-refractivity contribution < 1.29 is 4.74 Å². The number of aromatic nitrogens is 2. The smallest absolute Gasteiger partial charge is 0.227 e. The van der Waals surface area contributed by atoms with Gasteiger partial charge < -0.3 is 4.74 Å². The Kier molecular flexibility index (Phi) is 3.31. The number of halogens is 1. The number of nitrogens with zero attached hydrogens (tertiary/aromatic N) is 2. The van der Waals surface area contributed by atoms with Gasteiger partial charge in [-0.15, -0.1) is 11.3 Å². The molecule has 5 heteroatoms. The van der Waals surface area contributed by atoms with Gasteiger partial charge >= 0.3 is 0 Å². The summed E-state index contributed by atoms with van der Waals surface area (Å²) in [5.41, 5.74) is 1.41. The van der Waals surface area contributed by atoms with Crippen LogP contribution in [0.5, 0.6) is 5.88 Å². The molecule has 0 N–H and O–H groups in total. The van der Waals surface area contributed by atoms with Crippen molar-refractivity contribution >= 4 is 33.2 Å². The minimum Gasteiger partial charge on any atom is -0.474 e. The van der Waals surface area contributed by atoms with Crippen molar-refractivity contribution in [3.8, 4) is 5.88 Å². The Morgan fingerprint density at radius 2 is 1.90 bits per heavy atom. The van der Waals surface area contributed by atoms with Crippen molar-refractivity contribution in [3.63, 3.8) is 0 Å². The quantitative estimate of drug-likeness (QED) is 0.764. The van der Waals surface area contributed by atoms with E-state index in [0.717, 1.165) is 41.8 Å². The second-order valence-corrected chi connectivity index (χ2v) is 7.13. The van der Waals surface area contributed by atoms with Crippen molar-refractivity contribution in [1.29, 1.82) is 0 Å². The van der Waals surface area contributed by atoms with Gasteiger partial charge in [0.1, 0.15) is 10.9 Å². The second-order valence-electron chi connectivity index (χ2n) is 5.71. The number of ether oxygens (including phenoxy) is 1. The molecule has 2 aliphatic rings. The molecule has 0 atom stereocenters. The fourth-order valence-electron chi connectivity index (χ4n) is 3.36. The Labute approximate surface area is 127 Å². The van der Waals surface area contributed by atoms with Gasteiger partial charge in [0, 0.05) is 4.88 Å². The van der Waals surface area contributed by atoms with Crippen LogP contribution in [0.15, 0.2) is 0 Å². The molecular formula is C15H17ClN2OS. The first-order valence-corrected chi connectivity index (χ1v) is 8.65. The van der Waals surface area contributed by atoms with E-state index >= 15 is 0 Å². The molecule has 1 fully saturated rings. The summed E-state index contributed by atoms with van der Waals surface area (Å²) in [4.78, 5) is 11.2. The van der Waals surface area contributed by atoms with Gasteiger partial charge in [-0.1, -0.05) is 6.42 Å². The second kappa shape index (κ2) is 5.15. The van der Waals surface area contributed by atoms with Gasteiger partial charge in [0.05, 0.1) is 5.39 Å². The van der Waals surface area contributed by atoms with Crippen LogP contribution < -0.4 is 4.74 Å². The molecule has 0 aliphatic heterocycles. The van der Waals surface area contributed by atoms with E-state index in [1.165, 1.54) is 36.1 Å². The summed E-state index contributed by atoms with van der Waals surface area (Å²) in [7, 11) is 0. The maximum atomic E-state index is 6.20. The first-order valence-electron chi connectivity index (χ1n) is 7.46. The molecule has 0 amide bonds. The van der Waals surface area contributed by atoms with Crippen LogP contribution in [0, 0.1) is 0 Å². The van der Waals surface area contributed by atoms with Gasteiger partial charge in [-0.3, -0.25) is 0 Å². The van der Waals surface area contributed by atoms with Gasteiger partial charge in [0.15, 0.2) is 0 Å². The lowest BCUT2D eigenvalue weighted by atomic mass is 9.98. The van der Waals surface area contributed by atoms with E-state index in [1.807, 2.05) is 0 Å². The molecule has 0 radical (unpaired) electrons. The monoisotopic (exact) mass is 308 g/mol. The van der Waals surface area contributed by atoms with Gasteiger partial charge in [-0.25, -0.2) is 4.98 Å². The van der Waals surface area contributed by atoms with Crippen LogP contribution in [0.2, 0.25) is 5.28 Å². The van der Waals surface area contributed by atoms with E-state index in [9.17, 15) is 0 Å². The highest BCUT2D eigenvalue weighted by Crippen LogP contribution is 2.41. The van der Waals surface area contributed by atoms with E-state index in [-0.39, 0.29) is 0 Å². The maximum absolute atomic E-state index is 6.20. The number of thiophene rings is 1. The van der Waals surface area contributed by atoms with Crippen molar-refractivity contribution in [2.45, 2.75) is 57.5 Å². The molecule has 4 rings (SSSR count). The van der Waals surface area contributed by atoms with Crippen molar-refractivity contribution in [1.82, 2.24) is 9.97 Å². The summed E-state index contributed by atoms with van der Waals surface area (Å²) in [6, 6.07) is 0. The van der Waals surface area contributed by atoms with Crippen molar-refractivity contribution in [3.05, 3.63) is 15.7 Å². The first-order chi connectivity index (χ1) is 9.81. The summed E-state index contributed by atoms with van der Waals surface area (Å²) < 4.78 is 6.20. The van der Waals surface area contributed by atoms with Crippen LogP contribution >= 0.6 is 22.9 Å². The van der Waals surface area contributed by atoms with E-state index in [4.69, 9.17) is 16.3 Å². The molecule has 2 heterocycles. The lowest BCUT2D eigenvalue weighted by Gasteiger charge is -2.22. The average Bonchev–Trinajstić information content (AvgIpc) is 2.99. The number of hydrogen-bond donors (Lipinski definition) is 0. The van der Waals surface area contributed by atoms with Crippen LogP contribution in [0.4, 0.5) is 0 Å². The largest absolute Gasteiger partial charge is 0.474 e. The first kappa shape index (κ1) is 12.8. The van der Waals surface area contributed by atoms with E-state index < -0.39 is 0 Å². The van der Waals surface area contributed by atoms with Gasteiger partial charge in [0.25, 0.3) is 0 Å². The lowest BCUT2D eigenvalue weighted by molar-refractivity contribution is 0.151. The molecule has 106 valence electrons. The van der Waals surface area contributed by atoms with Crippen LogP contribution in [0.1, 0.15) is 49.0 Å². The molecular weight excluding hydrogens is 292 g/mol. The van der Waals surface area contributed by atoms with Crippen molar-refractivity contribution in [2.75, 3.05) is 0 Å². The maximum Gasteiger partial charge on any atom is 0.227 e. The molecule has 20 heavy (non-hydrogen) atoms. The molecule has 1 saturated carbocycles. The van der Waals surface area contributed by atoms with Crippen molar-refractivity contribution in [2.24, 2.45) is 0 Å². The molecule has 2 aromatic heterocycles. The van der Waals surface area contributed by atoms with Crippen LogP contribution in [-0.4, -0.2) is 16.1 Å². The minimum absolute atomic E-state index is 0.301. The highest BCUT2D eigenvalue weighted by Gasteiger charge is 2.25. The molecule has 2 aromatic rings. The molecule has 0 aromatic carbocycles. The zero-order valence-corrected chi connectivity index (χ0v) is 12.9. The Hall–Kier alpha value is -0.870. The Bertz CT molecular complexity index is 649. The molecule has 0 bridgehead atoms. The molecule has 2 aliphatic carbocycles. The number of hydrogen-bond acceptors (Lipinski definition) is 4. The van der Waals surface area contributed by atoms with E-state index in [2.05, 4.69) is 9.97 Å². The van der Waals surface area contributed by atoms with E-state index in [1.54, 1.807) is 11.3 Å². The summed E-state index contributed by atoms with van der Waals surface area (Å²) in [6.45, 7) is 0. The van der Waals surface area contributed by atoms with E-state index in [0.29, 0.717) is 11.4 Å². The number of rotatable bonds is 2. The lowest BCUT2D eigenvalue weighted by Crippen LogP contribution is -2.20. The van der Waals surface area contributed by atoms with Crippen LogP contribution in [-0.2, 0) is 12.8 Å². The molecule has 0 saturated heterocycles.